The van der Waals surface area contributed by atoms with E-state index in [1.165, 1.54) is 36.5 Å². The lowest BCUT2D eigenvalue weighted by Crippen LogP contribution is -2.15. The number of amides is 1. The lowest BCUT2D eigenvalue weighted by Gasteiger charge is -2.09. The maximum Gasteiger partial charge on any atom is 0.255 e. The lowest BCUT2D eigenvalue weighted by molar-refractivity contribution is 0.102. The number of hydrogen-bond acceptors (Lipinski definition) is 4. The fraction of sp³-hybridized carbons (Fsp3) is 0. The Bertz CT molecular complexity index is 809. The Morgan fingerprint density at radius 1 is 1.19 bits per heavy atom. The highest BCUT2D eigenvalue weighted by atomic mass is 35.5. The van der Waals surface area contributed by atoms with Crippen molar-refractivity contribution in [2.45, 2.75) is 4.90 Å². The molecule has 0 saturated carbocycles. The summed E-state index contributed by atoms with van der Waals surface area (Å²) in [7, 11) is -3.89. The summed E-state index contributed by atoms with van der Waals surface area (Å²) in [4.78, 5) is 15.6. The molecule has 0 aliphatic heterocycles. The van der Waals surface area contributed by atoms with Gasteiger partial charge in [-0.05, 0) is 30.3 Å². The van der Waals surface area contributed by atoms with E-state index in [2.05, 4.69) is 10.3 Å². The van der Waals surface area contributed by atoms with E-state index in [-0.39, 0.29) is 26.3 Å². The summed E-state index contributed by atoms with van der Waals surface area (Å²) < 4.78 is 22.6. The van der Waals surface area contributed by atoms with Crippen LogP contribution in [0.2, 0.25) is 10.2 Å². The van der Waals surface area contributed by atoms with Crippen molar-refractivity contribution in [3.05, 3.63) is 52.3 Å². The van der Waals surface area contributed by atoms with Crippen molar-refractivity contribution in [3.63, 3.8) is 0 Å². The minimum Gasteiger partial charge on any atom is -0.321 e. The summed E-state index contributed by atoms with van der Waals surface area (Å²) >= 11 is 11.6. The van der Waals surface area contributed by atoms with Crippen LogP contribution in [0.3, 0.4) is 0 Å². The van der Waals surface area contributed by atoms with Gasteiger partial charge < -0.3 is 5.32 Å². The summed E-state index contributed by atoms with van der Waals surface area (Å²) in [5.74, 6) is -0.507. The molecular formula is C12H9Cl2N3O3S. The molecule has 0 atom stereocenters. The van der Waals surface area contributed by atoms with Crippen LogP contribution >= 0.6 is 23.2 Å². The van der Waals surface area contributed by atoms with Gasteiger partial charge in [0.1, 0.15) is 5.15 Å². The Balaban J connectivity index is 2.33. The molecule has 9 heteroatoms. The normalized spacial score (nSPS) is 11.2. The van der Waals surface area contributed by atoms with Crippen LogP contribution in [0.25, 0.3) is 0 Å². The van der Waals surface area contributed by atoms with E-state index in [9.17, 15) is 13.2 Å². The van der Waals surface area contributed by atoms with E-state index in [4.69, 9.17) is 28.3 Å². The fourth-order valence-electron chi connectivity index (χ4n) is 1.52. The van der Waals surface area contributed by atoms with E-state index in [1.54, 1.807) is 0 Å². The molecule has 0 saturated heterocycles. The minimum atomic E-state index is -3.89. The molecule has 6 nitrogen and oxygen atoms in total. The highest BCUT2D eigenvalue weighted by Gasteiger charge is 2.14. The van der Waals surface area contributed by atoms with Gasteiger partial charge in [0.25, 0.3) is 5.91 Å². The van der Waals surface area contributed by atoms with Crippen LogP contribution in [0.5, 0.6) is 0 Å². The van der Waals surface area contributed by atoms with E-state index in [0.717, 1.165) is 0 Å². The number of rotatable bonds is 3. The molecule has 2 rings (SSSR count). The molecular weight excluding hydrogens is 337 g/mol. The molecule has 2 aromatic rings. The third kappa shape index (κ3) is 3.92. The van der Waals surface area contributed by atoms with Crippen LogP contribution in [0.4, 0.5) is 5.69 Å². The first-order valence-electron chi connectivity index (χ1n) is 5.52. The number of nitrogens with zero attached hydrogens (tertiary/aromatic N) is 1. The quantitative estimate of drug-likeness (QED) is 0.833. The first-order valence-corrected chi connectivity index (χ1v) is 7.83. The number of pyridine rings is 1. The smallest absolute Gasteiger partial charge is 0.255 e. The number of sulfonamides is 1. The second-order valence-electron chi connectivity index (χ2n) is 4.01. The van der Waals surface area contributed by atoms with Gasteiger partial charge in [-0.25, -0.2) is 18.5 Å². The second-order valence-corrected chi connectivity index (χ2v) is 6.36. The van der Waals surface area contributed by atoms with Gasteiger partial charge in [-0.1, -0.05) is 23.2 Å². The van der Waals surface area contributed by atoms with Crippen LogP contribution in [-0.2, 0) is 10.0 Å². The van der Waals surface area contributed by atoms with Crippen molar-refractivity contribution in [2.24, 2.45) is 5.14 Å². The van der Waals surface area contributed by atoms with Crippen LogP contribution in [0.15, 0.2) is 41.4 Å². The Morgan fingerprint density at radius 2 is 1.90 bits per heavy atom. The predicted molar refractivity (Wildman–Crippen MR) is 80.0 cm³/mol. The van der Waals surface area contributed by atoms with Gasteiger partial charge in [0.05, 0.1) is 15.6 Å². The third-order valence-corrected chi connectivity index (χ3v) is 3.95. The number of hydrogen-bond donors (Lipinski definition) is 2. The number of halogens is 2. The highest BCUT2D eigenvalue weighted by molar-refractivity contribution is 7.89. The molecule has 1 heterocycles. The molecule has 21 heavy (non-hydrogen) atoms. The van der Waals surface area contributed by atoms with Gasteiger partial charge in [-0.15, -0.1) is 0 Å². The topological polar surface area (TPSA) is 102 Å². The molecule has 0 unspecified atom stereocenters. The van der Waals surface area contributed by atoms with Crippen molar-refractivity contribution in [1.82, 2.24) is 4.98 Å². The van der Waals surface area contributed by atoms with Crippen LogP contribution < -0.4 is 10.5 Å². The number of nitrogens with two attached hydrogens (primary N) is 1. The van der Waals surface area contributed by atoms with Crippen LogP contribution in [-0.4, -0.2) is 19.3 Å². The summed E-state index contributed by atoms with van der Waals surface area (Å²) in [6.07, 6.45) is 1.37. The summed E-state index contributed by atoms with van der Waals surface area (Å²) in [5.41, 5.74) is 0.383. The van der Waals surface area contributed by atoms with E-state index in [1.807, 2.05) is 0 Å². The molecule has 3 N–H and O–H groups in total. The molecule has 0 aliphatic rings. The zero-order valence-corrected chi connectivity index (χ0v) is 12.7. The number of nitrogens with one attached hydrogen (secondary N) is 1. The second kappa shape index (κ2) is 5.98. The van der Waals surface area contributed by atoms with Crippen molar-refractivity contribution in [2.75, 3.05) is 5.32 Å². The number of carbonyl (C=O) groups is 1. The van der Waals surface area contributed by atoms with Crippen molar-refractivity contribution >= 4 is 44.8 Å². The van der Waals surface area contributed by atoms with Gasteiger partial charge in [0.2, 0.25) is 10.0 Å². The van der Waals surface area contributed by atoms with E-state index < -0.39 is 15.9 Å². The number of carbonyl (C=O) groups excluding carboxylic acids is 1. The summed E-state index contributed by atoms with van der Waals surface area (Å²) in [6, 6.07) is 6.58. The Labute approximate surface area is 130 Å². The van der Waals surface area contributed by atoms with Gasteiger partial charge in [0, 0.05) is 11.8 Å². The van der Waals surface area contributed by atoms with Crippen molar-refractivity contribution in [3.8, 4) is 0 Å². The average molecular weight is 346 g/mol. The predicted octanol–water partition coefficient (Wildman–Crippen LogP) is 2.29. The number of anilines is 1. The fourth-order valence-corrected chi connectivity index (χ4v) is 2.39. The monoisotopic (exact) mass is 345 g/mol. The maximum atomic E-state index is 12.0. The average Bonchev–Trinajstić information content (AvgIpc) is 2.40. The highest BCUT2D eigenvalue weighted by Crippen LogP contribution is 2.25. The third-order valence-electron chi connectivity index (χ3n) is 2.50. The lowest BCUT2D eigenvalue weighted by atomic mass is 10.2. The first-order chi connectivity index (χ1) is 9.77. The van der Waals surface area contributed by atoms with Crippen molar-refractivity contribution < 1.29 is 13.2 Å². The summed E-state index contributed by atoms with van der Waals surface area (Å²) in [6.45, 7) is 0. The van der Waals surface area contributed by atoms with Crippen LogP contribution in [0.1, 0.15) is 10.4 Å². The molecule has 0 spiro atoms. The maximum absolute atomic E-state index is 12.0. The largest absolute Gasteiger partial charge is 0.321 e. The first kappa shape index (κ1) is 15.7. The number of primary sulfonamides is 1. The van der Waals surface area contributed by atoms with Gasteiger partial charge in [0.15, 0.2) is 0 Å². The molecule has 0 aliphatic carbocycles. The van der Waals surface area contributed by atoms with Crippen LogP contribution in [0, 0.1) is 0 Å². The van der Waals surface area contributed by atoms with Gasteiger partial charge in [-0.3, -0.25) is 4.79 Å². The zero-order valence-electron chi connectivity index (χ0n) is 10.4. The Kier molecular flexibility index (Phi) is 4.48. The Hall–Kier alpha value is -1.67. The molecule has 110 valence electrons. The molecule has 0 radical (unpaired) electrons. The van der Waals surface area contributed by atoms with E-state index >= 15 is 0 Å². The summed E-state index contributed by atoms with van der Waals surface area (Å²) in [5, 5.41) is 7.85. The van der Waals surface area contributed by atoms with Crippen molar-refractivity contribution in [1.29, 1.82) is 0 Å². The van der Waals surface area contributed by atoms with E-state index in [0.29, 0.717) is 0 Å². The molecule has 1 aromatic heterocycles. The molecule has 0 bridgehead atoms. The SMILES string of the molecule is NS(=O)(=O)c1ccc(Cl)c(NC(=O)c2ccnc(Cl)c2)c1. The van der Waals surface area contributed by atoms with Gasteiger partial charge >= 0.3 is 0 Å². The Morgan fingerprint density at radius 3 is 2.52 bits per heavy atom. The minimum absolute atomic E-state index is 0.126. The zero-order chi connectivity index (χ0) is 15.6. The standard InChI is InChI=1S/C12H9Cl2N3O3S/c13-9-2-1-8(21(15,19)20)6-10(9)17-12(18)7-3-4-16-11(14)5-7/h1-6H,(H,17,18)(H2,15,19,20). The molecule has 1 aromatic carbocycles. The number of aromatic nitrogens is 1. The number of benzene rings is 1. The molecule has 1 amide bonds. The van der Waals surface area contributed by atoms with Gasteiger partial charge in [-0.2, -0.15) is 0 Å². The molecule has 0 fully saturated rings.